The van der Waals surface area contributed by atoms with E-state index in [0.29, 0.717) is 6.54 Å². The van der Waals surface area contributed by atoms with Crippen molar-refractivity contribution >= 4 is 17.2 Å². The lowest BCUT2D eigenvalue weighted by Crippen LogP contribution is -2.40. The van der Waals surface area contributed by atoms with Gasteiger partial charge in [0, 0.05) is 18.9 Å². The second-order valence-electron chi connectivity index (χ2n) is 5.33. The Kier molecular flexibility index (Phi) is 3.27. The quantitative estimate of drug-likeness (QED) is 0.728. The molecule has 1 atom stereocenters. The van der Waals surface area contributed by atoms with Crippen LogP contribution >= 0.6 is 11.3 Å². The Labute approximate surface area is 132 Å². The van der Waals surface area contributed by atoms with Crippen LogP contribution in [-0.2, 0) is 13.1 Å². The van der Waals surface area contributed by atoms with Gasteiger partial charge in [-0.2, -0.15) is 0 Å². The van der Waals surface area contributed by atoms with Gasteiger partial charge in [0.25, 0.3) is 5.91 Å². The van der Waals surface area contributed by atoms with E-state index in [1.807, 2.05) is 46.8 Å². The molecule has 3 aromatic rings. The molecule has 4 rings (SSSR count). The molecule has 3 heterocycles. The highest BCUT2D eigenvalue weighted by molar-refractivity contribution is 7.12. The van der Waals surface area contributed by atoms with Crippen molar-refractivity contribution in [1.82, 2.24) is 14.5 Å². The molecule has 0 unspecified atom stereocenters. The maximum atomic E-state index is 12.9. The summed E-state index contributed by atoms with van der Waals surface area (Å²) in [7, 11) is 0. The molecular formula is C17H15N3OS. The SMILES string of the molecule is O=C(c1cccs1)N1Cc2nccn2C[C@H]1c1ccccc1. The molecule has 0 radical (unpaired) electrons. The van der Waals surface area contributed by atoms with E-state index in [1.54, 1.807) is 6.20 Å². The lowest BCUT2D eigenvalue weighted by Gasteiger charge is -2.36. The fraction of sp³-hybridized carbons (Fsp3) is 0.176. The molecule has 1 aromatic carbocycles. The minimum atomic E-state index is 0.0394. The Hall–Kier alpha value is -2.40. The summed E-state index contributed by atoms with van der Waals surface area (Å²) in [6, 6.07) is 14.1. The zero-order valence-electron chi connectivity index (χ0n) is 11.9. The molecule has 2 aromatic heterocycles. The topological polar surface area (TPSA) is 38.1 Å². The predicted molar refractivity (Wildman–Crippen MR) is 85.6 cm³/mol. The molecule has 0 fully saturated rings. The largest absolute Gasteiger partial charge is 0.331 e. The summed E-state index contributed by atoms with van der Waals surface area (Å²) in [4.78, 5) is 20.0. The third-order valence-corrected chi connectivity index (χ3v) is 4.89. The van der Waals surface area contributed by atoms with Crippen molar-refractivity contribution in [2.45, 2.75) is 19.1 Å². The molecule has 1 aliphatic rings. The van der Waals surface area contributed by atoms with E-state index in [-0.39, 0.29) is 11.9 Å². The summed E-state index contributed by atoms with van der Waals surface area (Å²) in [5.74, 6) is 1.02. The normalized spacial score (nSPS) is 17.3. The zero-order valence-corrected chi connectivity index (χ0v) is 12.7. The molecule has 1 amide bonds. The van der Waals surface area contributed by atoms with Gasteiger partial charge in [-0.25, -0.2) is 4.98 Å². The van der Waals surface area contributed by atoms with Crippen LogP contribution in [0.2, 0.25) is 0 Å². The van der Waals surface area contributed by atoms with Crippen molar-refractivity contribution in [3.05, 3.63) is 76.5 Å². The highest BCUT2D eigenvalue weighted by Gasteiger charge is 2.32. The molecule has 5 heteroatoms. The molecule has 0 spiro atoms. The second-order valence-corrected chi connectivity index (χ2v) is 6.28. The van der Waals surface area contributed by atoms with Gasteiger partial charge in [0.1, 0.15) is 5.82 Å². The molecule has 0 N–H and O–H groups in total. The van der Waals surface area contributed by atoms with Gasteiger partial charge in [-0.05, 0) is 17.0 Å². The molecule has 0 saturated carbocycles. The van der Waals surface area contributed by atoms with Crippen LogP contribution in [-0.4, -0.2) is 20.4 Å². The summed E-state index contributed by atoms with van der Waals surface area (Å²) in [6.45, 7) is 1.29. The first-order chi connectivity index (χ1) is 10.8. The van der Waals surface area contributed by atoms with E-state index in [0.717, 1.165) is 22.8 Å². The number of thiophene rings is 1. The van der Waals surface area contributed by atoms with Crippen molar-refractivity contribution in [1.29, 1.82) is 0 Å². The lowest BCUT2D eigenvalue weighted by atomic mass is 10.0. The molecular weight excluding hydrogens is 294 g/mol. The number of nitrogens with zero attached hydrogens (tertiary/aromatic N) is 3. The van der Waals surface area contributed by atoms with Crippen molar-refractivity contribution in [3.63, 3.8) is 0 Å². The third-order valence-electron chi connectivity index (χ3n) is 4.04. The van der Waals surface area contributed by atoms with Crippen LogP contribution in [0.3, 0.4) is 0 Å². The molecule has 0 bridgehead atoms. The predicted octanol–water partition coefficient (Wildman–Crippen LogP) is 3.34. The van der Waals surface area contributed by atoms with Crippen molar-refractivity contribution in [3.8, 4) is 0 Å². The van der Waals surface area contributed by atoms with Crippen LogP contribution in [0.1, 0.15) is 27.1 Å². The van der Waals surface area contributed by atoms with Crippen molar-refractivity contribution < 1.29 is 4.79 Å². The van der Waals surface area contributed by atoms with Crippen LogP contribution < -0.4 is 0 Å². The monoisotopic (exact) mass is 309 g/mol. The number of carbonyl (C=O) groups excluding carboxylic acids is 1. The number of amides is 1. The van der Waals surface area contributed by atoms with Crippen LogP contribution in [0.4, 0.5) is 0 Å². The third kappa shape index (κ3) is 2.23. The smallest absolute Gasteiger partial charge is 0.264 e. The average molecular weight is 309 g/mol. The first-order valence-electron chi connectivity index (χ1n) is 7.22. The van der Waals surface area contributed by atoms with Gasteiger partial charge in [0.15, 0.2) is 0 Å². The number of aromatic nitrogens is 2. The summed E-state index contributed by atoms with van der Waals surface area (Å²) >= 11 is 1.49. The molecule has 1 aliphatic heterocycles. The van der Waals surface area contributed by atoms with E-state index in [4.69, 9.17) is 0 Å². The summed E-state index contributed by atoms with van der Waals surface area (Å²) in [5, 5.41) is 1.94. The maximum absolute atomic E-state index is 12.9. The molecule has 4 nitrogen and oxygen atoms in total. The molecule has 0 aliphatic carbocycles. The standard InChI is InChI=1S/C17H15N3OS/c21-17(15-7-4-10-22-15)20-12-16-18-8-9-19(16)11-14(20)13-5-2-1-3-6-13/h1-10,14H,11-12H2/t14-/m0/s1. The second kappa shape index (κ2) is 5.42. The van der Waals surface area contributed by atoms with Gasteiger partial charge >= 0.3 is 0 Å². The zero-order chi connectivity index (χ0) is 14.9. The number of rotatable bonds is 2. The Morgan fingerprint density at radius 3 is 2.82 bits per heavy atom. The van der Waals surface area contributed by atoms with Crippen LogP contribution in [0.15, 0.2) is 60.2 Å². The number of benzene rings is 1. The van der Waals surface area contributed by atoms with Crippen LogP contribution in [0.5, 0.6) is 0 Å². The van der Waals surface area contributed by atoms with Gasteiger partial charge in [-0.3, -0.25) is 4.79 Å². The molecule has 0 saturated heterocycles. The van der Waals surface area contributed by atoms with Gasteiger partial charge in [-0.1, -0.05) is 36.4 Å². The fourth-order valence-electron chi connectivity index (χ4n) is 2.92. The van der Waals surface area contributed by atoms with E-state index in [2.05, 4.69) is 21.7 Å². The number of hydrogen-bond donors (Lipinski definition) is 0. The van der Waals surface area contributed by atoms with Crippen LogP contribution in [0.25, 0.3) is 0 Å². The summed E-state index contributed by atoms with van der Waals surface area (Å²) in [5.41, 5.74) is 1.16. The van der Waals surface area contributed by atoms with E-state index >= 15 is 0 Å². The van der Waals surface area contributed by atoms with E-state index in [1.165, 1.54) is 11.3 Å². The van der Waals surface area contributed by atoms with E-state index in [9.17, 15) is 4.79 Å². The van der Waals surface area contributed by atoms with Crippen molar-refractivity contribution in [2.75, 3.05) is 0 Å². The average Bonchev–Trinajstić information content (AvgIpc) is 3.25. The van der Waals surface area contributed by atoms with Crippen LogP contribution in [0, 0.1) is 0 Å². The minimum absolute atomic E-state index is 0.0394. The minimum Gasteiger partial charge on any atom is -0.331 e. The Balaban J connectivity index is 1.74. The Morgan fingerprint density at radius 1 is 1.18 bits per heavy atom. The number of fused-ring (bicyclic) bond motifs is 1. The fourth-order valence-corrected chi connectivity index (χ4v) is 3.60. The Bertz CT molecular complexity index is 779. The maximum Gasteiger partial charge on any atom is 0.264 e. The highest BCUT2D eigenvalue weighted by atomic mass is 32.1. The number of hydrogen-bond acceptors (Lipinski definition) is 3. The summed E-state index contributed by atoms with van der Waals surface area (Å²) < 4.78 is 2.13. The van der Waals surface area contributed by atoms with E-state index < -0.39 is 0 Å². The molecule has 22 heavy (non-hydrogen) atoms. The summed E-state index contributed by atoms with van der Waals surface area (Å²) in [6.07, 6.45) is 3.79. The van der Waals surface area contributed by atoms with Gasteiger partial charge in [0.05, 0.1) is 17.5 Å². The molecule has 110 valence electrons. The first kappa shape index (κ1) is 13.3. The van der Waals surface area contributed by atoms with Crippen molar-refractivity contribution in [2.24, 2.45) is 0 Å². The highest BCUT2D eigenvalue weighted by Crippen LogP contribution is 2.31. The number of imidazole rings is 1. The number of carbonyl (C=O) groups is 1. The Morgan fingerprint density at radius 2 is 2.05 bits per heavy atom. The lowest BCUT2D eigenvalue weighted by molar-refractivity contribution is 0.0589. The van der Waals surface area contributed by atoms with Gasteiger partial charge < -0.3 is 9.47 Å². The first-order valence-corrected chi connectivity index (χ1v) is 8.10. The van der Waals surface area contributed by atoms with Gasteiger partial charge in [0.2, 0.25) is 0 Å². The van der Waals surface area contributed by atoms with Gasteiger partial charge in [-0.15, -0.1) is 11.3 Å².